The van der Waals surface area contributed by atoms with E-state index >= 15 is 0 Å². The van der Waals surface area contributed by atoms with E-state index in [4.69, 9.17) is 4.74 Å². The Hall–Kier alpha value is -1.84. The summed E-state index contributed by atoms with van der Waals surface area (Å²) in [6.07, 6.45) is 6.05. The summed E-state index contributed by atoms with van der Waals surface area (Å²) in [7, 11) is 0. The first-order valence-electron chi connectivity index (χ1n) is 8.65. The zero-order valence-electron chi connectivity index (χ0n) is 14.2. The van der Waals surface area contributed by atoms with Gasteiger partial charge in [-0.05, 0) is 57.4 Å². The van der Waals surface area contributed by atoms with Gasteiger partial charge < -0.3 is 9.64 Å². The molecule has 4 nitrogen and oxygen atoms in total. The van der Waals surface area contributed by atoms with E-state index in [1.165, 1.54) is 12.8 Å². The number of hydrogen-bond acceptors (Lipinski definition) is 3. The monoisotopic (exact) mass is 317 g/mol. The number of carbonyl (C=O) groups is 2. The van der Waals surface area contributed by atoms with E-state index in [2.05, 4.69) is 6.92 Å². The van der Waals surface area contributed by atoms with Gasteiger partial charge in [-0.2, -0.15) is 0 Å². The molecule has 126 valence electrons. The Kier molecular flexibility index (Phi) is 6.63. The van der Waals surface area contributed by atoms with Crippen LogP contribution in [0.1, 0.15) is 62.7 Å². The lowest BCUT2D eigenvalue weighted by molar-refractivity contribution is -0.133. The van der Waals surface area contributed by atoms with Crippen molar-refractivity contribution in [2.45, 2.75) is 58.4 Å². The van der Waals surface area contributed by atoms with E-state index in [0.717, 1.165) is 31.6 Å². The van der Waals surface area contributed by atoms with Crippen molar-refractivity contribution in [3.8, 4) is 5.75 Å². The fraction of sp³-hybridized carbons (Fsp3) is 0.579. The van der Waals surface area contributed by atoms with Gasteiger partial charge in [-0.1, -0.05) is 12.8 Å². The molecular weight excluding hydrogens is 290 g/mol. The Morgan fingerprint density at radius 3 is 2.39 bits per heavy atom. The molecule has 2 rings (SSSR count). The van der Waals surface area contributed by atoms with Gasteiger partial charge in [0.05, 0.1) is 6.61 Å². The lowest BCUT2D eigenvalue weighted by atomic mass is 10.1. The predicted octanol–water partition coefficient (Wildman–Crippen LogP) is 3.84. The summed E-state index contributed by atoms with van der Waals surface area (Å²) in [5, 5.41) is 0. The van der Waals surface area contributed by atoms with Gasteiger partial charge >= 0.3 is 0 Å². The molecule has 23 heavy (non-hydrogen) atoms. The van der Waals surface area contributed by atoms with Gasteiger partial charge in [0.2, 0.25) is 5.91 Å². The Morgan fingerprint density at radius 1 is 1.17 bits per heavy atom. The standard InChI is InChI=1S/C19H27NO3/c1-3-20(17-7-4-5-8-17)19(22)9-6-14-23-18-12-10-16(11-13-18)15(2)21/h10-13,17H,3-9,14H2,1-2H3. The van der Waals surface area contributed by atoms with Crippen LogP contribution < -0.4 is 4.74 Å². The van der Waals surface area contributed by atoms with Crippen molar-refractivity contribution in [1.82, 2.24) is 4.90 Å². The van der Waals surface area contributed by atoms with E-state index in [0.29, 0.717) is 24.6 Å². The largest absolute Gasteiger partial charge is 0.494 e. The number of ketones is 1. The van der Waals surface area contributed by atoms with Crippen LogP contribution in [0.5, 0.6) is 5.75 Å². The number of ether oxygens (including phenoxy) is 1. The first-order valence-corrected chi connectivity index (χ1v) is 8.65. The van der Waals surface area contributed by atoms with E-state index in [-0.39, 0.29) is 11.7 Å². The molecular formula is C19H27NO3. The molecule has 0 heterocycles. The van der Waals surface area contributed by atoms with Crippen molar-refractivity contribution < 1.29 is 14.3 Å². The van der Waals surface area contributed by atoms with Crippen LogP contribution in [0.2, 0.25) is 0 Å². The highest BCUT2D eigenvalue weighted by Crippen LogP contribution is 2.24. The van der Waals surface area contributed by atoms with E-state index < -0.39 is 0 Å². The van der Waals surface area contributed by atoms with E-state index in [9.17, 15) is 9.59 Å². The number of carbonyl (C=O) groups excluding carboxylic acids is 2. The minimum atomic E-state index is 0.0497. The molecule has 0 saturated heterocycles. The van der Waals surface area contributed by atoms with Crippen LogP contribution >= 0.6 is 0 Å². The Labute approximate surface area is 138 Å². The minimum absolute atomic E-state index is 0.0497. The van der Waals surface area contributed by atoms with Crippen LogP contribution in [0, 0.1) is 0 Å². The fourth-order valence-corrected chi connectivity index (χ4v) is 3.20. The SMILES string of the molecule is CCN(C(=O)CCCOc1ccc(C(C)=O)cc1)C1CCCC1. The van der Waals surface area contributed by atoms with E-state index in [1.807, 2.05) is 4.90 Å². The molecule has 1 aliphatic carbocycles. The summed E-state index contributed by atoms with van der Waals surface area (Å²) in [4.78, 5) is 25.6. The van der Waals surface area contributed by atoms with Gasteiger partial charge in [0.25, 0.3) is 0 Å². The van der Waals surface area contributed by atoms with Crippen LogP contribution in [-0.4, -0.2) is 35.8 Å². The Bertz CT molecular complexity index is 518. The maximum Gasteiger partial charge on any atom is 0.222 e. The summed E-state index contributed by atoms with van der Waals surface area (Å²) in [6.45, 7) is 4.93. The number of rotatable bonds is 8. The summed E-state index contributed by atoms with van der Waals surface area (Å²) < 4.78 is 5.65. The first-order chi connectivity index (χ1) is 11.1. The zero-order valence-corrected chi connectivity index (χ0v) is 14.2. The zero-order chi connectivity index (χ0) is 16.7. The van der Waals surface area contributed by atoms with Gasteiger partial charge in [0, 0.05) is 24.6 Å². The molecule has 1 fully saturated rings. The molecule has 0 atom stereocenters. The smallest absolute Gasteiger partial charge is 0.222 e. The van der Waals surface area contributed by atoms with Crippen molar-refractivity contribution >= 4 is 11.7 Å². The van der Waals surface area contributed by atoms with Crippen LogP contribution in [-0.2, 0) is 4.79 Å². The van der Waals surface area contributed by atoms with Gasteiger partial charge in [0.15, 0.2) is 5.78 Å². The highest BCUT2D eigenvalue weighted by atomic mass is 16.5. The highest BCUT2D eigenvalue weighted by molar-refractivity contribution is 5.94. The summed E-state index contributed by atoms with van der Waals surface area (Å²) in [6, 6.07) is 7.58. The molecule has 4 heteroatoms. The van der Waals surface area contributed by atoms with Crippen LogP contribution in [0.3, 0.4) is 0 Å². The van der Waals surface area contributed by atoms with Crippen molar-refractivity contribution in [3.63, 3.8) is 0 Å². The third-order valence-electron chi connectivity index (χ3n) is 4.49. The van der Waals surface area contributed by atoms with Crippen LogP contribution in [0.15, 0.2) is 24.3 Å². The third kappa shape index (κ3) is 5.08. The number of nitrogens with zero attached hydrogens (tertiary/aromatic N) is 1. The van der Waals surface area contributed by atoms with Gasteiger partial charge in [-0.15, -0.1) is 0 Å². The summed E-state index contributed by atoms with van der Waals surface area (Å²) in [5.74, 6) is 1.04. The number of amides is 1. The van der Waals surface area contributed by atoms with Gasteiger partial charge in [-0.3, -0.25) is 9.59 Å². The second kappa shape index (κ2) is 8.70. The normalized spacial score (nSPS) is 14.7. The summed E-state index contributed by atoms with van der Waals surface area (Å²) in [5.41, 5.74) is 0.683. The molecule has 1 saturated carbocycles. The molecule has 0 N–H and O–H groups in total. The quantitative estimate of drug-likeness (QED) is 0.540. The van der Waals surface area contributed by atoms with Gasteiger partial charge in [0.1, 0.15) is 5.75 Å². The second-order valence-electron chi connectivity index (χ2n) is 6.15. The predicted molar refractivity (Wildman–Crippen MR) is 90.8 cm³/mol. The molecule has 0 bridgehead atoms. The van der Waals surface area contributed by atoms with Crippen molar-refractivity contribution in [2.75, 3.05) is 13.2 Å². The molecule has 1 aromatic carbocycles. The molecule has 0 aromatic heterocycles. The topological polar surface area (TPSA) is 46.6 Å². The second-order valence-corrected chi connectivity index (χ2v) is 6.15. The average Bonchev–Trinajstić information content (AvgIpc) is 3.07. The molecule has 0 radical (unpaired) electrons. The maximum atomic E-state index is 12.3. The summed E-state index contributed by atoms with van der Waals surface area (Å²) >= 11 is 0. The number of Topliss-reactive ketones (excluding diaryl/α,β-unsaturated/α-hetero) is 1. The Morgan fingerprint density at radius 2 is 1.83 bits per heavy atom. The Balaban J connectivity index is 1.71. The molecule has 1 aliphatic rings. The van der Waals surface area contributed by atoms with Crippen molar-refractivity contribution in [1.29, 1.82) is 0 Å². The number of hydrogen-bond donors (Lipinski definition) is 0. The molecule has 0 aliphatic heterocycles. The average molecular weight is 317 g/mol. The van der Waals surface area contributed by atoms with Crippen LogP contribution in [0.4, 0.5) is 0 Å². The first kappa shape index (κ1) is 17.5. The highest BCUT2D eigenvalue weighted by Gasteiger charge is 2.24. The third-order valence-corrected chi connectivity index (χ3v) is 4.49. The maximum absolute atomic E-state index is 12.3. The lowest BCUT2D eigenvalue weighted by Gasteiger charge is -2.27. The van der Waals surface area contributed by atoms with Gasteiger partial charge in [-0.25, -0.2) is 0 Å². The van der Waals surface area contributed by atoms with Crippen molar-refractivity contribution in [3.05, 3.63) is 29.8 Å². The van der Waals surface area contributed by atoms with Crippen LogP contribution in [0.25, 0.3) is 0 Å². The molecule has 1 aromatic rings. The fourth-order valence-electron chi connectivity index (χ4n) is 3.20. The van der Waals surface area contributed by atoms with Crippen molar-refractivity contribution in [2.24, 2.45) is 0 Å². The number of benzene rings is 1. The minimum Gasteiger partial charge on any atom is -0.494 e. The van der Waals surface area contributed by atoms with E-state index in [1.54, 1.807) is 31.2 Å². The lowest BCUT2D eigenvalue weighted by Crippen LogP contribution is -2.38. The molecule has 0 spiro atoms. The molecule has 0 unspecified atom stereocenters. The molecule has 1 amide bonds.